The largest absolute Gasteiger partial charge is 0.316 e. The summed E-state index contributed by atoms with van der Waals surface area (Å²) < 4.78 is 0. The minimum Gasteiger partial charge on any atom is -0.316 e. The van der Waals surface area contributed by atoms with Crippen molar-refractivity contribution in [2.75, 3.05) is 13.1 Å². The number of rotatable bonds is 8. The summed E-state index contributed by atoms with van der Waals surface area (Å²) in [6, 6.07) is 0. The first-order valence-electron chi connectivity index (χ1n) is 5.49. The van der Waals surface area contributed by atoms with Crippen molar-refractivity contribution in [3.8, 4) is 0 Å². The topological polar surface area (TPSA) is 55.2 Å². The average Bonchev–Trinajstić information content (AvgIpc) is 2.25. The van der Waals surface area contributed by atoms with E-state index in [1.54, 1.807) is 13.0 Å². The lowest BCUT2D eigenvalue weighted by Crippen LogP contribution is -2.15. The van der Waals surface area contributed by atoms with E-state index in [-0.39, 0.29) is 5.70 Å². The van der Waals surface area contributed by atoms with E-state index in [1.165, 1.54) is 12.2 Å². The van der Waals surface area contributed by atoms with Gasteiger partial charge in [0.15, 0.2) is 0 Å². The highest BCUT2D eigenvalue weighted by Crippen LogP contribution is 2.03. The molecule has 0 rings (SSSR count). The van der Waals surface area contributed by atoms with Gasteiger partial charge in [-0.3, -0.25) is 10.1 Å². The van der Waals surface area contributed by atoms with E-state index < -0.39 is 4.92 Å². The van der Waals surface area contributed by atoms with Crippen LogP contribution in [0.5, 0.6) is 0 Å². The molecule has 0 saturated heterocycles. The fraction of sp³-hybridized carbons (Fsp3) is 0.500. The van der Waals surface area contributed by atoms with Gasteiger partial charge in [-0.1, -0.05) is 25.2 Å². The Morgan fingerprint density at radius 3 is 2.62 bits per heavy atom. The van der Waals surface area contributed by atoms with Crippen molar-refractivity contribution < 1.29 is 4.92 Å². The van der Waals surface area contributed by atoms with Crippen LogP contribution in [-0.4, -0.2) is 18.0 Å². The minimum atomic E-state index is -0.404. The van der Waals surface area contributed by atoms with Crippen molar-refractivity contribution in [3.63, 3.8) is 0 Å². The zero-order valence-corrected chi connectivity index (χ0v) is 10.0. The van der Waals surface area contributed by atoms with Gasteiger partial charge in [0.2, 0.25) is 0 Å². The fourth-order valence-corrected chi connectivity index (χ4v) is 1.10. The van der Waals surface area contributed by atoms with E-state index in [9.17, 15) is 10.1 Å². The molecule has 0 unspecified atom stereocenters. The molecule has 4 heteroatoms. The van der Waals surface area contributed by atoms with Crippen LogP contribution in [0.25, 0.3) is 0 Å². The second kappa shape index (κ2) is 8.85. The molecule has 0 aromatic carbocycles. The summed E-state index contributed by atoms with van der Waals surface area (Å²) >= 11 is 0. The monoisotopic (exact) mass is 224 g/mol. The SMILES string of the molecule is C=C(/C=C\C(=C/C)[N+](=O)[O-])CCNCCC. The second-order valence-corrected chi connectivity index (χ2v) is 3.46. The van der Waals surface area contributed by atoms with Gasteiger partial charge in [-0.05, 0) is 38.9 Å². The van der Waals surface area contributed by atoms with Crippen molar-refractivity contribution in [2.24, 2.45) is 0 Å². The van der Waals surface area contributed by atoms with E-state index in [1.807, 2.05) is 0 Å². The second-order valence-electron chi connectivity index (χ2n) is 3.46. The summed E-state index contributed by atoms with van der Waals surface area (Å²) in [6.07, 6.45) is 6.57. The molecule has 0 atom stereocenters. The van der Waals surface area contributed by atoms with Gasteiger partial charge in [0.1, 0.15) is 0 Å². The van der Waals surface area contributed by atoms with Crippen molar-refractivity contribution in [2.45, 2.75) is 26.7 Å². The lowest BCUT2D eigenvalue weighted by molar-refractivity contribution is -0.419. The molecule has 0 aliphatic heterocycles. The maximum absolute atomic E-state index is 10.5. The zero-order chi connectivity index (χ0) is 12.4. The third-order valence-corrected chi connectivity index (χ3v) is 2.05. The first-order valence-corrected chi connectivity index (χ1v) is 5.49. The fourth-order valence-electron chi connectivity index (χ4n) is 1.10. The quantitative estimate of drug-likeness (QED) is 0.298. The third-order valence-electron chi connectivity index (χ3n) is 2.05. The first kappa shape index (κ1) is 14.6. The van der Waals surface area contributed by atoms with Crippen LogP contribution in [0.4, 0.5) is 0 Å². The van der Waals surface area contributed by atoms with Crippen LogP contribution in [0.2, 0.25) is 0 Å². The van der Waals surface area contributed by atoms with Crippen LogP contribution in [0.3, 0.4) is 0 Å². The van der Waals surface area contributed by atoms with Crippen LogP contribution in [0, 0.1) is 10.1 Å². The molecule has 0 aromatic heterocycles. The van der Waals surface area contributed by atoms with Crippen LogP contribution < -0.4 is 5.32 Å². The number of nitrogens with zero attached hydrogens (tertiary/aromatic N) is 1. The summed E-state index contributed by atoms with van der Waals surface area (Å²) in [5.74, 6) is 0. The van der Waals surface area contributed by atoms with Gasteiger partial charge in [-0.15, -0.1) is 0 Å². The van der Waals surface area contributed by atoms with Crippen LogP contribution in [-0.2, 0) is 0 Å². The normalized spacial score (nSPS) is 12.0. The molecule has 0 heterocycles. The van der Waals surface area contributed by atoms with Crippen LogP contribution >= 0.6 is 0 Å². The van der Waals surface area contributed by atoms with E-state index in [0.29, 0.717) is 0 Å². The van der Waals surface area contributed by atoms with Crippen LogP contribution in [0.1, 0.15) is 26.7 Å². The molecule has 0 aromatic rings. The lowest BCUT2D eigenvalue weighted by atomic mass is 10.2. The maximum Gasteiger partial charge on any atom is 0.265 e. The molecular weight excluding hydrogens is 204 g/mol. The Bertz CT molecular complexity index is 293. The zero-order valence-electron chi connectivity index (χ0n) is 10.0. The Hall–Kier alpha value is -1.42. The molecule has 0 aliphatic rings. The van der Waals surface area contributed by atoms with Crippen molar-refractivity contribution in [1.82, 2.24) is 5.32 Å². The van der Waals surface area contributed by atoms with Crippen molar-refractivity contribution >= 4 is 0 Å². The van der Waals surface area contributed by atoms with Gasteiger partial charge in [0, 0.05) is 6.08 Å². The average molecular weight is 224 g/mol. The van der Waals surface area contributed by atoms with Gasteiger partial charge in [0.25, 0.3) is 5.70 Å². The number of hydrogen-bond acceptors (Lipinski definition) is 3. The number of nitro groups is 1. The summed E-state index contributed by atoms with van der Waals surface area (Å²) in [6.45, 7) is 9.45. The van der Waals surface area contributed by atoms with Gasteiger partial charge in [0.05, 0.1) is 4.92 Å². The van der Waals surface area contributed by atoms with Gasteiger partial charge in [-0.2, -0.15) is 0 Å². The molecule has 0 radical (unpaired) electrons. The minimum absolute atomic E-state index is 0.0997. The van der Waals surface area contributed by atoms with Gasteiger partial charge < -0.3 is 5.32 Å². The predicted octanol–water partition coefficient (Wildman–Crippen LogP) is 2.67. The smallest absolute Gasteiger partial charge is 0.265 e. The predicted molar refractivity (Wildman–Crippen MR) is 66.8 cm³/mol. The highest BCUT2D eigenvalue weighted by Gasteiger charge is 2.02. The Balaban J connectivity index is 3.95. The lowest BCUT2D eigenvalue weighted by Gasteiger charge is -2.01. The van der Waals surface area contributed by atoms with E-state index in [2.05, 4.69) is 18.8 Å². The Morgan fingerprint density at radius 2 is 2.12 bits per heavy atom. The molecule has 0 aliphatic carbocycles. The van der Waals surface area contributed by atoms with Gasteiger partial charge >= 0.3 is 0 Å². The molecule has 16 heavy (non-hydrogen) atoms. The number of nitrogens with one attached hydrogen (secondary N) is 1. The molecule has 0 saturated carbocycles. The highest BCUT2D eigenvalue weighted by atomic mass is 16.6. The Kier molecular flexibility index (Phi) is 8.07. The van der Waals surface area contributed by atoms with E-state index in [4.69, 9.17) is 0 Å². The van der Waals surface area contributed by atoms with Gasteiger partial charge in [-0.25, -0.2) is 0 Å². The summed E-state index contributed by atoms with van der Waals surface area (Å²) in [4.78, 5) is 10.1. The van der Waals surface area contributed by atoms with Crippen molar-refractivity contribution in [3.05, 3.63) is 46.2 Å². The Labute approximate surface area is 96.9 Å². The summed E-state index contributed by atoms with van der Waals surface area (Å²) in [5.41, 5.74) is 0.993. The van der Waals surface area contributed by atoms with E-state index >= 15 is 0 Å². The Morgan fingerprint density at radius 1 is 1.44 bits per heavy atom. The molecule has 90 valence electrons. The highest BCUT2D eigenvalue weighted by molar-refractivity contribution is 5.22. The maximum atomic E-state index is 10.5. The first-order chi connectivity index (χ1) is 7.61. The number of allylic oxidation sites excluding steroid dienone is 3. The molecule has 4 nitrogen and oxygen atoms in total. The molecule has 0 fully saturated rings. The van der Waals surface area contributed by atoms with Crippen LogP contribution in [0.15, 0.2) is 36.1 Å². The summed E-state index contributed by atoms with van der Waals surface area (Å²) in [5, 5.41) is 13.7. The third kappa shape index (κ3) is 6.95. The summed E-state index contributed by atoms with van der Waals surface area (Å²) in [7, 11) is 0. The molecule has 0 bridgehead atoms. The molecule has 0 spiro atoms. The molecule has 1 N–H and O–H groups in total. The molecule has 0 amide bonds. The number of hydrogen-bond donors (Lipinski definition) is 1. The molecular formula is C12H20N2O2. The van der Waals surface area contributed by atoms with E-state index in [0.717, 1.165) is 31.5 Å². The standard InChI is InChI=1S/C12H20N2O2/c1-4-9-13-10-8-11(3)6-7-12(5-2)14(15)16/h5-7,13H,3-4,8-10H2,1-2H3/b7-6-,12-5+. The van der Waals surface area contributed by atoms with Crippen molar-refractivity contribution in [1.29, 1.82) is 0 Å².